The first-order valence-corrected chi connectivity index (χ1v) is 15.1. The molecular weight excluding hydrogens is 420 g/mol. The fourth-order valence-electron chi connectivity index (χ4n) is 5.54. The van der Waals surface area contributed by atoms with Crippen molar-refractivity contribution in [1.29, 1.82) is 0 Å². The van der Waals surface area contributed by atoms with Crippen LogP contribution in [0.25, 0.3) is 0 Å². The molecule has 4 atom stereocenters. The summed E-state index contributed by atoms with van der Waals surface area (Å²) in [5.74, 6) is 2.30. The Bertz CT molecular complexity index is 741. The number of benzene rings is 2. The van der Waals surface area contributed by atoms with Gasteiger partial charge in [0.15, 0.2) is 0 Å². The van der Waals surface area contributed by atoms with Gasteiger partial charge in [0, 0.05) is 0 Å². The van der Waals surface area contributed by atoms with Gasteiger partial charge < -0.3 is 0 Å². The fourth-order valence-corrected chi connectivity index (χ4v) is 5.54. The van der Waals surface area contributed by atoms with Gasteiger partial charge in [-0.3, -0.25) is 0 Å². The molecule has 2 aliphatic carbocycles. The standard InChI is InChI=1S/C23H28.2C3H8.3C2H6/c1-4-17-9-5-7-11-21(17)19-13-16(2)23(3)20(15-19)14-18-10-6-8-12-22(18)23;2*1-3-2;3*1-2/h5-12,16,19-20H,4,13-15H2,1-3H3;2*3H2,1-2H3;3*1-2H3/t16-,19?,20+,23+;;;;;/m0...../s1. The Morgan fingerprint density at radius 1 is 0.714 bits per heavy atom. The molecular formula is C35H62. The van der Waals surface area contributed by atoms with Crippen LogP contribution < -0.4 is 0 Å². The fraction of sp³-hybridized carbons (Fsp3) is 0.657. The molecule has 0 heteroatoms. The van der Waals surface area contributed by atoms with Crippen molar-refractivity contribution in [2.45, 2.75) is 140 Å². The van der Waals surface area contributed by atoms with Crippen LogP contribution in [-0.4, -0.2) is 0 Å². The minimum Gasteiger partial charge on any atom is -0.0683 e. The van der Waals surface area contributed by atoms with Crippen LogP contribution in [0.1, 0.15) is 144 Å². The van der Waals surface area contributed by atoms with E-state index >= 15 is 0 Å². The lowest BCUT2D eigenvalue weighted by Gasteiger charge is -2.46. The maximum atomic E-state index is 2.54. The lowest BCUT2D eigenvalue weighted by Crippen LogP contribution is -2.41. The number of fused-ring (bicyclic) bond motifs is 3. The van der Waals surface area contributed by atoms with Gasteiger partial charge in [0.25, 0.3) is 0 Å². The van der Waals surface area contributed by atoms with E-state index in [1.807, 2.05) is 41.5 Å². The molecule has 0 aromatic heterocycles. The maximum Gasteiger partial charge on any atom is -0.00151 e. The van der Waals surface area contributed by atoms with Crippen molar-refractivity contribution in [1.82, 2.24) is 0 Å². The Morgan fingerprint density at radius 2 is 1.20 bits per heavy atom. The number of aryl methyl sites for hydroxylation is 1. The van der Waals surface area contributed by atoms with Crippen LogP contribution in [-0.2, 0) is 18.3 Å². The Hall–Kier alpha value is -1.56. The van der Waals surface area contributed by atoms with Gasteiger partial charge in [-0.1, -0.05) is 151 Å². The molecule has 202 valence electrons. The second-order valence-electron chi connectivity index (χ2n) is 9.38. The zero-order chi connectivity index (χ0) is 27.4. The molecule has 0 amide bonds. The van der Waals surface area contributed by atoms with Gasteiger partial charge in [0.05, 0.1) is 0 Å². The Labute approximate surface area is 222 Å². The minimum absolute atomic E-state index is 0.383. The SMILES string of the molecule is CC.CC.CC.CCC.CCC.CCc1ccccc1C1C[C@H]2Cc3ccccc3[C@]2(C)[C@@H](C)C1. The monoisotopic (exact) mass is 482 g/mol. The van der Waals surface area contributed by atoms with E-state index < -0.39 is 0 Å². The summed E-state index contributed by atoms with van der Waals surface area (Å²) in [6.45, 7) is 27.8. The van der Waals surface area contributed by atoms with Gasteiger partial charge in [-0.05, 0) is 71.1 Å². The predicted octanol–water partition coefficient (Wildman–Crippen LogP) is 11.8. The topological polar surface area (TPSA) is 0 Å². The van der Waals surface area contributed by atoms with E-state index in [0.29, 0.717) is 5.41 Å². The number of rotatable bonds is 2. The molecule has 1 fully saturated rings. The van der Waals surface area contributed by atoms with Crippen LogP contribution in [0.3, 0.4) is 0 Å². The van der Waals surface area contributed by atoms with E-state index in [1.54, 1.807) is 22.3 Å². The van der Waals surface area contributed by atoms with Crippen LogP contribution in [0, 0.1) is 11.8 Å². The zero-order valence-electron chi connectivity index (χ0n) is 26.1. The molecule has 1 saturated carbocycles. The van der Waals surface area contributed by atoms with Gasteiger partial charge in [0.2, 0.25) is 0 Å². The molecule has 1 unspecified atom stereocenters. The average Bonchev–Trinajstić information content (AvgIpc) is 3.21. The van der Waals surface area contributed by atoms with Crippen molar-refractivity contribution in [3.63, 3.8) is 0 Å². The third-order valence-corrected chi connectivity index (χ3v) is 7.02. The molecule has 0 spiro atoms. The van der Waals surface area contributed by atoms with E-state index in [0.717, 1.165) is 24.2 Å². The van der Waals surface area contributed by atoms with Crippen LogP contribution in [0.5, 0.6) is 0 Å². The van der Waals surface area contributed by atoms with Crippen molar-refractivity contribution >= 4 is 0 Å². The summed E-state index contributed by atoms with van der Waals surface area (Å²) in [5.41, 5.74) is 6.81. The van der Waals surface area contributed by atoms with Crippen molar-refractivity contribution in [2.75, 3.05) is 0 Å². The van der Waals surface area contributed by atoms with Crippen molar-refractivity contribution < 1.29 is 0 Å². The first kappa shape index (κ1) is 35.6. The highest BCUT2D eigenvalue weighted by Crippen LogP contribution is 2.57. The summed E-state index contributed by atoms with van der Waals surface area (Å²) >= 11 is 0. The van der Waals surface area contributed by atoms with E-state index in [4.69, 9.17) is 0 Å². The van der Waals surface area contributed by atoms with Gasteiger partial charge in [-0.25, -0.2) is 0 Å². The molecule has 2 aromatic carbocycles. The van der Waals surface area contributed by atoms with Crippen LogP contribution in [0.2, 0.25) is 0 Å². The Morgan fingerprint density at radius 3 is 1.74 bits per heavy atom. The van der Waals surface area contributed by atoms with E-state index in [9.17, 15) is 0 Å². The van der Waals surface area contributed by atoms with Crippen molar-refractivity contribution in [3.8, 4) is 0 Å². The zero-order valence-corrected chi connectivity index (χ0v) is 26.1. The highest BCUT2D eigenvalue weighted by atomic mass is 14.5. The first-order valence-electron chi connectivity index (χ1n) is 15.1. The summed E-state index contributed by atoms with van der Waals surface area (Å²) in [4.78, 5) is 0. The van der Waals surface area contributed by atoms with Crippen molar-refractivity contribution in [2.24, 2.45) is 11.8 Å². The number of hydrogen-bond donors (Lipinski definition) is 0. The summed E-state index contributed by atoms with van der Waals surface area (Å²) in [5, 5.41) is 0. The molecule has 0 bridgehead atoms. The average molecular weight is 483 g/mol. The summed E-state index contributed by atoms with van der Waals surface area (Å²) in [6.07, 6.45) is 7.62. The van der Waals surface area contributed by atoms with Gasteiger partial charge in [0.1, 0.15) is 0 Å². The number of hydrogen-bond acceptors (Lipinski definition) is 0. The molecule has 0 saturated heterocycles. The van der Waals surface area contributed by atoms with Gasteiger partial charge >= 0.3 is 0 Å². The molecule has 4 rings (SSSR count). The highest BCUT2D eigenvalue weighted by molar-refractivity contribution is 5.43. The van der Waals surface area contributed by atoms with Crippen LogP contribution in [0.4, 0.5) is 0 Å². The lowest BCUT2D eigenvalue weighted by atomic mass is 9.58. The van der Waals surface area contributed by atoms with Crippen LogP contribution >= 0.6 is 0 Å². The summed E-state index contributed by atoms with van der Waals surface area (Å²) < 4.78 is 0. The third kappa shape index (κ3) is 9.44. The van der Waals surface area contributed by atoms with Crippen LogP contribution in [0.15, 0.2) is 48.5 Å². The van der Waals surface area contributed by atoms with E-state index in [1.165, 1.54) is 32.1 Å². The van der Waals surface area contributed by atoms with Gasteiger partial charge in [-0.15, -0.1) is 0 Å². The normalized spacial score (nSPS) is 22.8. The Kier molecular flexibility index (Phi) is 21.0. The van der Waals surface area contributed by atoms with E-state index in [-0.39, 0.29) is 0 Å². The first-order chi connectivity index (χ1) is 17.0. The predicted molar refractivity (Wildman–Crippen MR) is 164 cm³/mol. The molecule has 35 heavy (non-hydrogen) atoms. The van der Waals surface area contributed by atoms with Gasteiger partial charge in [-0.2, -0.15) is 0 Å². The highest BCUT2D eigenvalue weighted by Gasteiger charge is 2.50. The van der Waals surface area contributed by atoms with E-state index in [2.05, 4.69) is 97.0 Å². The minimum atomic E-state index is 0.383. The second kappa shape index (κ2) is 20.6. The lowest BCUT2D eigenvalue weighted by molar-refractivity contribution is 0.133. The molecule has 0 radical (unpaired) electrons. The second-order valence-corrected chi connectivity index (χ2v) is 9.38. The molecule has 2 aromatic rings. The molecule has 0 nitrogen and oxygen atoms in total. The Balaban J connectivity index is 0. The summed E-state index contributed by atoms with van der Waals surface area (Å²) in [7, 11) is 0. The smallest absolute Gasteiger partial charge is 0.00151 e. The third-order valence-electron chi connectivity index (χ3n) is 7.02. The molecule has 0 N–H and O–H groups in total. The molecule has 0 heterocycles. The van der Waals surface area contributed by atoms with Crippen molar-refractivity contribution in [3.05, 3.63) is 70.8 Å². The molecule has 0 aliphatic heterocycles. The quantitative estimate of drug-likeness (QED) is 0.399. The maximum absolute atomic E-state index is 2.54. The molecule has 2 aliphatic rings. The largest absolute Gasteiger partial charge is 0.0683 e. The summed E-state index contributed by atoms with van der Waals surface area (Å²) in [6, 6.07) is 18.4.